The van der Waals surface area contributed by atoms with E-state index in [1.165, 1.54) is 13.2 Å². The molecule has 0 aromatic heterocycles. The first kappa shape index (κ1) is 23.5. The number of rotatable bonds is 12. The van der Waals surface area contributed by atoms with Gasteiger partial charge in [-0.2, -0.15) is 0 Å². The van der Waals surface area contributed by atoms with Crippen LogP contribution in [0.5, 0.6) is 11.5 Å². The van der Waals surface area contributed by atoms with Gasteiger partial charge in [-0.25, -0.2) is 0 Å². The van der Waals surface area contributed by atoms with Crippen LogP contribution in [0.15, 0.2) is 30.4 Å². The van der Waals surface area contributed by atoms with E-state index in [0.717, 1.165) is 18.4 Å². The first-order valence-corrected chi connectivity index (χ1v) is 9.87. The fourth-order valence-corrected chi connectivity index (χ4v) is 2.59. The van der Waals surface area contributed by atoms with Gasteiger partial charge < -0.3 is 19.9 Å². The summed E-state index contributed by atoms with van der Waals surface area (Å²) in [5, 5.41) is 12.5. The number of esters is 1. The Balaban J connectivity index is 2.65. The zero-order valence-electron chi connectivity index (χ0n) is 17.4. The summed E-state index contributed by atoms with van der Waals surface area (Å²) in [5.41, 5.74) is 0.779. The van der Waals surface area contributed by atoms with Gasteiger partial charge in [-0.15, -0.1) is 0 Å². The van der Waals surface area contributed by atoms with Crippen molar-refractivity contribution < 1.29 is 24.2 Å². The molecule has 1 aromatic carbocycles. The number of hydrogen-bond acceptors (Lipinski definition) is 5. The molecule has 0 saturated heterocycles. The number of nitrogens with one attached hydrogen (secondary N) is 1. The molecule has 1 aromatic rings. The SMILES string of the molecule is CCCC(=O)OC(CCC/C=C\C(C)C)C(=O)NCc1ccc(O)c(OC)c1. The number of unbranched alkanes of at least 4 members (excludes halogenated alkanes) is 1. The number of amides is 1. The average molecular weight is 392 g/mol. The first-order valence-electron chi connectivity index (χ1n) is 9.87. The largest absolute Gasteiger partial charge is 0.504 e. The summed E-state index contributed by atoms with van der Waals surface area (Å²) in [7, 11) is 1.47. The Morgan fingerprint density at radius 2 is 2.04 bits per heavy atom. The fraction of sp³-hybridized carbons (Fsp3) is 0.545. The molecule has 1 unspecified atom stereocenters. The summed E-state index contributed by atoms with van der Waals surface area (Å²) in [6.45, 7) is 6.37. The third-order valence-corrected chi connectivity index (χ3v) is 4.09. The molecular weight excluding hydrogens is 358 g/mol. The Morgan fingerprint density at radius 3 is 2.68 bits per heavy atom. The molecule has 1 atom stereocenters. The van der Waals surface area contributed by atoms with Crippen LogP contribution in [0.3, 0.4) is 0 Å². The smallest absolute Gasteiger partial charge is 0.306 e. The predicted octanol–water partition coefficient (Wildman–Crippen LogP) is 4.11. The van der Waals surface area contributed by atoms with E-state index in [9.17, 15) is 14.7 Å². The van der Waals surface area contributed by atoms with Crippen LogP contribution in [0, 0.1) is 5.92 Å². The number of carbonyl (C=O) groups is 2. The lowest BCUT2D eigenvalue weighted by molar-refractivity contribution is -0.156. The lowest BCUT2D eigenvalue weighted by Crippen LogP contribution is -2.37. The maximum absolute atomic E-state index is 12.6. The number of carbonyl (C=O) groups excluding carboxylic acids is 2. The molecule has 0 bridgehead atoms. The van der Waals surface area contributed by atoms with Gasteiger partial charge in [0.05, 0.1) is 7.11 Å². The number of phenols is 1. The first-order chi connectivity index (χ1) is 13.4. The van der Waals surface area contributed by atoms with Crippen molar-refractivity contribution in [2.24, 2.45) is 5.92 Å². The maximum atomic E-state index is 12.6. The molecule has 1 rings (SSSR count). The highest BCUT2D eigenvalue weighted by molar-refractivity contribution is 5.83. The lowest BCUT2D eigenvalue weighted by atomic mass is 10.1. The number of phenolic OH excluding ortho intramolecular Hbond substituents is 1. The number of ether oxygens (including phenoxy) is 2. The molecule has 0 fully saturated rings. The van der Waals surface area contributed by atoms with Gasteiger partial charge >= 0.3 is 5.97 Å². The predicted molar refractivity (Wildman–Crippen MR) is 109 cm³/mol. The van der Waals surface area contributed by atoms with Crippen molar-refractivity contribution in [3.05, 3.63) is 35.9 Å². The van der Waals surface area contributed by atoms with Crippen LogP contribution in [0.2, 0.25) is 0 Å². The van der Waals surface area contributed by atoms with E-state index in [1.54, 1.807) is 12.1 Å². The van der Waals surface area contributed by atoms with Crippen molar-refractivity contribution in [1.29, 1.82) is 0 Å². The maximum Gasteiger partial charge on any atom is 0.306 e. The molecule has 0 aliphatic heterocycles. The van der Waals surface area contributed by atoms with Crippen LogP contribution < -0.4 is 10.1 Å². The molecule has 2 N–H and O–H groups in total. The molecule has 0 radical (unpaired) electrons. The lowest BCUT2D eigenvalue weighted by Gasteiger charge is -2.17. The summed E-state index contributed by atoms with van der Waals surface area (Å²) in [6.07, 6.45) is 6.46. The van der Waals surface area contributed by atoms with Gasteiger partial charge in [0.15, 0.2) is 17.6 Å². The summed E-state index contributed by atoms with van der Waals surface area (Å²) < 4.78 is 10.5. The Morgan fingerprint density at radius 1 is 1.29 bits per heavy atom. The van der Waals surface area contributed by atoms with Gasteiger partial charge in [0.25, 0.3) is 5.91 Å². The number of benzene rings is 1. The van der Waals surface area contributed by atoms with Gasteiger partial charge in [-0.3, -0.25) is 9.59 Å². The van der Waals surface area contributed by atoms with Gasteiger partial charge in [0, 0.05) is 13.0 Å². The third-order valence-electron chi connectivity index (χ3n) is 4.09. The minimum absolute atomic E-state index is 0.0402. The van der Waals surface area contributed by atoms with Crippen molar-refractivity contribution in [3.63, 3.8) is 0 Å². The highest BCUT2D eigenvalue weighted by Gasteiger charge is 2.22. The topological polar surface area (TPSA) is 84.9 Å². The molecule has 6 heteroatoms. The molecule has 0 saturated carbocycles. The molecule has 6 nitrogen and oxygen atoms in total. The minimum atomic E-state index is -0.800. The Bertz CT molecular complexity index is 654. The Kier molecular flexibility index (Phi) is 10.8. The molecular formula is C22H33NO5. The number of aromatic hydroxyl groups is 1. The molecule has 0 aliphatic carbocycles. The van der Waals surface area contributed by atoms with Crippen LogP contribution in [0.25, 0.3) is 0 Å². The minimum Gasteiger partial charge on any atom is -0.504 e. The molecule has 28 heavy (non-hydrogen) atoms. The zero-order chi connectivity index (χ0) is 20.9. The van der Waals surface area contributed by atoms with Crippen LogP contribution in [-0.4, -0.2) is 30.2 Å². The normalized spacial score (nSPS) is 12.2. The van der Waals surface area contributed by atoms with E-state index in [0.29, 0.717) is 30.9 Å². The molecule has 0 heterocycles. The summed E-state index contributed by atoms with van der Waals surface area (Å²) in [4.78, 5) is 24.4. The van der Waals surface area contributed by atoms with Crippen LogP contribution in [0.1, 0.15) is 58.4 Å². The van der Waals surface area contributed by atoms with Gasteiger partial charge in [0.1, 0.15) is 0 Å². The van der Waals surface area contributed by atoms with E-state index in [4.69, 9.17) is 9.47 Å². The zero-order valence-corrected chi connectivity index (χ0v) is 17.4. The number of methoxy groups -OCH3 is 1. The highest BCUT2D eigenvalue weighted by Crippen LogP contribution is 2.26. The summed E-state index contributed by atoms with van der Waals surface area (Å²) in [6, 6.07) is 4.87. The molecule has 1 amide bonds. The second-order valence-corrected chi connectivity index (χ2v) is 7.06. The number of hydrogen-bond donors (Lipinski definition) is 2. The third kappa shape index (κ3) is 8.93. The highest BCUT2D eigenvalue weighted by atomic mass is 16.5. The van der Waals surface area contributed by atoms with Crippen molar-refractivity contribution in [2.45, 2.75) is 65.5 Å². The van der Waals surface area contributed by atoms with Crippen LogP contribution in [0.4, 0.5) is 0 Å². The van der Waals surface area contributed by atoms with E-state index < -0.39 is 6.10 Å². The molecule has 156 valence electrons. The van der Waals surface area contributed by atoms with Gasteiger partial charge in [0.2, 0.25) is 0 Å². The number of allylic oxidation sites excluding steroid dienone is 2. The van der Waals surface area contributed by atoms with E-state index in [1.807, 2.05) is 6.92 Å². The van der Waals surface area contributed by atoms with E-state index in [2.05, 4.69) is 31.3 Å². The van der Waals surface area contributed by atoms with Gasteiger partial charge in [-0.1, -0.05) is 39.0 Å². The van der Waals surface area contributed by atoms with Crippen LogP contribution in [-0.2, 0) is 20.9 Å². The van der Waals surface area contributed by atoms with Crippen LogP contribution >= 0.6 is 0 Å². The van der Waals surface area contributed by atoms with Crippen molar-refractivity contribution >= 4 is 11.9 Å². The Labute approximate surface area is 167 Å². The summed E-state index contributed by atoms with van der Waals surface area (Å²) in [5.74, 6) is 0.202. The summed E-state index contributed by atoms with van der Waals surface area (Å²) >= 11 is 0. The average Bonchev–Trinajstić information content (AvgIpc) is 2.65. The van der Waals surface area contributed by atoms with Crippen molar-refractivity contribution in [3.8, 4) is 11.5 Å². The quantitative estimate of drug-likeness (QED) is 0.318. The molecule has 0 spiro atoms. The van der Waals surface area contributed by atoms with E-state index in [-0.39, 0.29) is 24.2 Å². The Hall–Kier alpha value is -2.50. The van der Waals surface area contributed by atoms with E-state index >= 15 is 0 Å². The van der Waals surface area contributed by atoms with Gasteiger partial charge in [-0.05, 0) is 49.3 Å². The fourth-order valence-electron chi connectivity index (χ4n) is 2.59. The second-order valence-electron chi connectivity index (χ2n) is 7.06. The van der Waals surface area contributed by atoms with Crippen molar-refractivity contribution in [1.82, 2.24) is 5.32 Å². The molecule has 0 aliphatic rings. The second kappa shape index (κ2) is 12.8. The monoisotopic (exact) mass is 391 g/mol. The van der Waals surface area contributed by atoms with Crippen molar-refractivity contribution in [2.75, 3.05) is 7.11 Å². The standard InChI is InChI=1S/C22H33NO5/c1-5-9-21(25)28-19(11-8-6-7-10-16(2)3)22(26)23-15-17-12-13-18(24)20(14-17)27-4/h7,10,12-14,16,19,24H,5-6,8-9,11,15H2,1-4H3,(H,23,26)/b10-7-.